The average molecular weight is 390 g/mol. The van der Waals surface area contributed by atoms with Gasteiger partial charge in [-0.25, -0.2) is 0 Å². The Hall–Kier alpha value is -1.23. The van der Waals surface area contributed by atoms with E-state index in [0.29, 0.717) is 37.1 Å². The highest BCUT2D eigenvalue weighted by molar-refractivity contribution is 9.10. The molecular weight excluding hydrogens is 379 g/mol. The van der Waals surface area contributed by atoms with Gasteiger partial charge in [-0.15, -0.1) is 0 Å². The summed E-state index contributed by atoms with van der Waals surface area (Å²) in [5.74, 6) is 0.939. The standard InChI is InChI=1S/C15H11BrCl2O3/c1-20-14-6-9(7-19)5-11(16)15(14)21-8-10-12(17)3-2-4-13(10)18/h2-7H,8H2,1H3. The van der Waals surface area contributed by atoms with E-state index in [-0.39, 0.29) is 6.61 Å². The Morgan fingerprint density at radius 2 is 1.90 bits per heavy atom. The van der Waals surface area contributed by atoms with Crippen molar-refractivity contribution in [2.75, 3.05) is 7.11 Å². The summed E-state index contributed by atoms with van der Waals surface area (Å²) in [6.45, 7) is 0.188. The molecule has 0 saturated heterocycles. The molecule has 0 atom stereocenters. The van der Waals surface area contributed by atoms with E-state index in [0.717, 1.165) is 6.29 Å². The highest BCUT2D eigenvalue weighted by atomic mass is 79.9. The first-order valence-corrected chi connectivity index (χ1v) is 7.50. The Labute approximate surface area is 140 Å². The van der Waals surface area contributed by atoms with Gasteiger partial charge in [-0.1, -0.05) is 29.3 Å². The van der Waals surface area contributed by atoms with Crippen LogP contribution in [0.5, 0.6) is 11.5 Å². The van der Waals surface area contributed by atoms with Gasteiger partial charge in [-0.2, -0.15) is 0 Å². The molecule has 0 heterocycles. The van der Waals surface area contributed by atoms with Crippen LogP contribution in [0.1, 0.15) is 15.9 Å². The van der Waals surface area contributed by atoms with Crippen LogP contribution in [0.4, 0.5) is 0 Å². The van der Waals surface area contributed by atoms with Gasteiger partial charge in [0.2, 0.25) is 0 Å². The van der Waals surface area contributed by atoms with Crippen LogP contribution in [-0.2, 0) is 6.61 Å². The first-order chi connectivity index (χ1) is 10.1. The van der Waals surface area contributed by atoms with Crippen LogP contribution in [0.25, 0.3) is 0 Å². The lowest BCUT2D eigenvalue weighted by Gasteiger charge is -2.14. The molecule has 0 radical (unpaired) electrons. The van der Waals surface area contributed by atoms with Crippen LogP contribution in [-0.4, -0.2) is 13.4 Å². The van der Waals surface area contributed by atoms with Gasteiger partial charge in [0.05, 0.1) is 11.6 Å². The summed E-state index contributed by atoms with van der Waals surface area (Å²) in [6.07, 6.45) is 0.738. The normalized spacial score (nSPS) is 10.3. The maximum atomic E-state index is 10.9. The number of halogens is 3. The summed E-state index contributed by atoms with van der Waals surface area (Å²) < 4.78 is 11.6. The van der Waals surface area contributed by atoms with Gasteiger partial charge in [0.15, 0.2) is 11.5 Å². The highest BCUT2D eigenvalue weighted by Crippen LogP contribution is 2.37. The second-order valence-corrected chi connectivity index (χ2v) is 5.81. The molecular formula is C15H11BrCl2O3. The van der Waals surface area contributed by atoms with Crippen LogP contribution in [0.3, 0.4) is 0 Å². The van der Waals surface area contributed by atoms with Gasteiger partial charge in [-0.05, 0) is 40.2 Å². The number of rotatable bonds is 5. The number of benzene rings is 2. The maximum Gasteiger partial charge on any atom is 0.175 e. The van der Waals surface area contributed by atoms with Gasteiger partial charge in [0.25, 0.3) is 0 Å². The number of carbonyl (C=O) groups excluding carboxylic acids is 1. The highest BCUT2D eigenvalue weighted by Gasteiger charge is 2.13. The molecule has 0 saturated carbocycles. The van der Waals surface area contributed by atoms with E-state index in [1.807, 2.05) is 0 Å². The number of hydrogen-bond donors (Lipinski definition) is 0. The van der Waals surface area contributed by atoms with E-state index in [1.54, 1.807) is 30.3 Å². The average Bonchev–Trinajstić information content (AvgIpc) is 2.47. The van der Waals surface area contributed by atoms with E-state index in [4.69, 9.17) is 32.7 Å². The number of carbonyl (C=O) groups is 1. The molecule has 0 bridgehead atoms. The summed E-state index contributed by atoms with van der Waals surface area (Å²) >= 11 is 15.6. The zero-order chi connectivity index (χ0) is 15.4. The summed E-state index contributed by atoms with van der Waals surface area (Å²) in [6, 6.07) is 8.51. The minimum atomic E-state index is 0.188. The molecule has 0 unspecified atom stereocenters. The quantitative estimate of drug-likeness (QED) is 0.663. The van der Waals surface area contributed by atoms with Crippen molar-refractivity contribution in [2.45, 2.75) is 6.61 Å². The maximum absolute atomic E-state index is 10.9. The van der Waals surface area contributed by atoms with Crippen LogP contribution < -0.4 is 9.47 Å². The van der Waals surface area contributed by atoms with Crippen molar-refractivity contribution in [3.63, 3.8) is 0 Å². The first-order valence-electron chi connectivity index (χ1n) is 5.95. The number of methoxy groups -OCH3 is 1. The Balaban J connectivity index is 2.30. The topological polar surface area (TPSA) is 35.5 Å². The van der Waals surface area contributed by atoms with E-state index >= 15 is 0 Å². The smallest absolute Gasteiger partial charge is 0.175 e. The summed E-state index contributed by atoms with van der Waals surface area (Å²) in [4.78, 5) is 10.9. The van der Waals surface area contributed by atoms with Crippen molar-refractivity contribution in [2.24, 2.45) is 0 Å². The first kappa shape index (κ1) is 16.1. The third-order valence-corrected chi connectivity index (χ3v) is 4.11. The molecule has 0 N–H and O–H groups in total. The molecule has 0 aliphatic heterocycles. The van der Waals surface area contributed by atoms with Crippen molar-refractivity contribution in [1.29, 1.82) is 0 Å². The van der Waals surface area contributed by atoms with E-state index in [9.17, 15) is 4.79 Å². The molecule has 110 valence electrons. The van der Waals surface area contributed by atoms with E-state index in [1.165, 1.54) is 7.11 Å². The molecule has 3 nitrogen and oxygen atoms in total. The predicted molar refractivity (Wildman–Crippen MR) is 86.9 cm³/mol. The van der Waals surface area contributed by atoms with Gasteiger partial charge in [0.1, 0.15) is 12.9 Å². The molecule has 0 aromatic heterocycles. The van der Waals surface area contributed by atoms with Gasteiger partial charge in [0, 0.05) is 21.2 Å². The molecule has 0 aliphatic carbocycles. The van der Waals surface area contributed by atoms with Crippen molar-refractivity contribution in [3.05, 3.63) is 56.0 Å². The molecule has 21 heavy (non-hydrogen) atoms. The fraction of sp³-hybridized carbons (Fsp3) is 0.133. The second-order valence-electron chi connectivity index (χ2n) is 4.14. The monoisotopic (exact) mass is 388 g/mol. The number of aldehydes is 1. The van der Waals surface area contributed by atoms with Crippen LogP contribution in [0.2, 0.25) is 10.0 Å². The Morgan fingerprint density at radius 1 is 1.24 bits per heavy atom. The molecule has 6 heteroatoms. The lowest BCUT2D eigenvalue weighted by molar-refractivity contribution is 0.112. The van der Waals surface area contributed by atoms with Gasteiger partial charge >= 0.3 is 0 Å². The SMILES string of the molecule is COc1cc(C=O)cc(Br)c1OCc1c(Cl)cccc1Cl. The fourth-order valence-corrected chi connectivity index (χ4v) is 2.84. The zero-order valence-electron chi connectivity index (χ0n) is 11.0. The summed E-state index contributed by atoms with van der Waals surface area (Å²) in [7, 11) is 1.51. The lowest BCUT2D eigenvalue weighted by Crippen LogP contribution is -2.01. The third-order valence-electron chi connectivity index (χ3n) is 2.81. The minimum Gasteiger partial charge on any atom is -0.493 e. The van der Waals surface area contributed by atoms with E-state index < -0.39 is 0 Å². The number of ether oxygens (including phenoxy) is 2. The lowest BCUT2D eigenvalue weighted by atomic mass is 10.2. The summed E-state index contributed by atoms with van der Waals surface area (Å²) in [5, 5.41) is 1.06. The van der Waals surface area contributed by atoms with Crippen LogP contribution in [0.15, 0.2) is 34.8 Å². The molecule has 0 amide bonds. The van der Waals surface area contributed by atoms with E-state index in [2.05, 4.69) is 15.9 Å². The fourth-order valence-electron chi connectivity index (χ4n) is 1.76. The third kappa shape index (κ3) is 3.70. The molecule has 0 aliphatic rings. The molecule has 0 fully saturated rings. The Kier molecular flexibility index (Phi) is 5.51. The second kappa shape index (κ2) is 7.16. The molecule has 2 aromatic carbocycles. The van der Waals surface area contributed by atoms with Gasteiger partial charge < -0.3 is 9.47 Å². The largest absolute Gasteiger partial charge is 0.493 e. The van der Waals surface area contributed by atoms with Crippen LogP contribution >= 0.6 is 39.1 Å². The number of hydrogen-bond acceptors (Lipinski definition) is 3. The zero-order valence-corrected chi connectivity index (χ0v) is 14.1. The minimum absolute atomic E-state index is 0.188. The summed E-state index contributed by atoms with van der Waals surface area (Å²) in [5.41, 5.74) is 1.18. The predicted octanol–water partition coefficient (Wildman–Crippen LogP) is 5.16. The van der Waals surface area contributed by atoms with Crippen molar-refractivity contribution < 1.29 is 14.3 Å². The Bertz CT molecular complexity index is 654. The van der Waals surface area contributed by atoms with Crippen molar-refractivity contribution in [1.82, 2.24) is 0 Å². The van der Waals surface area contributed by atoms with Gasteiger partial charge in [-0.3, -0.25) is 4.79 Å². The molecule has 2 aromatic rings. The molecule has 0 spiro atoms. The van der Waals surface area contributed by atoms with Crippen LogP contribution in [0, 0.1) is 0 Å². The van der Waals surface area contributed by atoms with Crippen molar-refractivity contribution >= 4 is 45.4 Å². The van der Waals surface area contributed by atoms with Crippen molar-refractivity contribution in [3.8, 4) is 11.5 Å². The molecule has 2 rings (SSSR count). The Morgan fingerprint density at radius 3 is 2.48 bits per heavy atom.